The van der Waals surface area contributed by atoms with Crippen molar-refractivity contribution < 1.29 is 9.90 Å². The molecule has 0 spiro atoms. The van der Waals surface area contributed by atoms with Gasteiger partial charge in [0.25, 0.3) is 5.91 Å². The van der Waals surface area contributed by atoms with Gasteiger partial charge in [0.1, 0.15) is 0 Å². The van der Waals surface area contributed by atoms with E-state index in [4.69, 9.17) is 11.6 Å². The minimum absolute atomic E-state index is 0.0531. The van der Waals surface area contributed by atoms with Crippen LogP contribution in [0.3, 0.4) is 0 Å². The molecule has 0 unspecified atom stereocenters. The molecule has 22 heavy (non-hydrogen) atoms. The number of aliphatic hydroxyl groups excluding tert-OH is 1. The molecule has 116 valence electrons. The lowest BCUT2D eigenvalue weighted by Crippen LogP contribution is -2.53. The van der Waals surface area contributed by atoms with Gasteiger partial charge in [0.15, 0.2) is 0 Å². The quantitative estimate of drug-likeness (QED) is 0.941. The molecule has 6 heteroatoms. The van der Waals surface area contributed by atoms with Crippen molar-refractivity contribution in [1.29, 1.82) is 0 Å². The third kappa shape index (κ3) is 2.74. The van der Waals surface area contributed by atoms with E-state index in [1.54, 1.807) is 4.90 Å². The maximum Gasteiger partial charge on any atom is 0.257 e. The van der Waals surface area contributed by atoms with Gasteiger partial charge < -0.3 is 10.0 Å². The van der Waals surface area contributed by atoms with Crippen LogP contribution in [0.15, 0.2) is 24.3 Å². The molecule has 1 aromatic heterocycles. The van der Waals surface area contributed by atoms with E-state index in [9.17, 15) is 9.90 Å². The molecule has 1 N–H and O–H groups in total. The molecule has 1 aliphatic heterocycles. The number of hydrogen-bond acceptors (Lipinski definition) is 3. The molecule has 0 saturated carbocycles. The summed E-state index contributed by atoms with van der Waals surface area (Å²) in [5, 5.41) is 14.5. The fourth-order valence-corrected chi connectivity index (χ4v) is 2.83. The first-order valence-corrected chi connectivity index (χ1v) is 7.59. The Labute approximate surface area is 134 Å². The molecule has 2 aromatic rings. The van der Waals surface area contributed by atoms with Crippen LogP contribution in [0.1, 0.15) is 27.3 Å². The average molecular weight is 320 g/mol. The molecule has 1 aliphatic rings. The summed E-state index contributed by atoms with van der Waals surface area (Å²) >= 11 is 5.89. The first-order valence-electron chi connectivity index (χ1n) is 7.21. The molecule has 1 aromatic carbocycles. The highest BCUT2D eigenvalue weighted by Crippen LogP contribution is 2.20. The number of benzene rings is 1. The smallest absolute Gasteiger partial charge is 0.257 e. The zero-order chi connectivity index (χ0) is 15.9. The van der Waals surface area contributed by atoms with Crippen molar-refractivity contribution in [2.75, 3.05) is 13.1 Å². The minimum Gasteiger partial charge on any atom is -0.389 e. The molecule has 0 bridgehead atoms. The Hall–Kier alpha value is -1.85. The van der Waals surface area contributed by atoms with Crippen LogP contribution in [0.4, 0.5) is 0 Å². The SMILES string of the molecule is Cc1nn(Cc2ccc(Cl)cc2)c(C)c1C(=O)N1CC(O)C1. The molecule has 5 nitrogen and oxygen atoms in total. The number of halogens is 1. The molecule has 0 atom stereocenters. The number of hydrogen-bond donors (Lipinski definition) is 1. The summed E-state index contributed by atoms with van der Waals surface area (Å²) in [4.78, 5) is 14.1. The van der Waals surface area contributed by atoms with E-state index in [1.165, 1.54) is 0 Å². The van der Waals surface area contributed by atoms with Gasteiger partial charge in [-0.3, -0.25) is 9.48 Å². The van der Waals surface area contributed by atoms with E-state index in [0.717, 1.165) is 17.0 Å². The third-order valence-electron chi connectivity index (χ3n) is 3.99. The van der Waals surface area contributed by atoms with Crippen LogP contribution in [-0.4, -0.2) is 44.9 Å². The molecule has 0 aliphatic carbocycles. The summed E-state index contributed by atoms with van der Waals surface area (Å²) in [6.07, 6.45) is -0.395. The Morgan fingerprint density at radius 3 is 2.55 bits per heavy atom. The molecular weight excluding hydrogens is 302 g/mol. The molecule has 0 radical (unpaired) electrons. The Bertz CT molecular complexity index is 703. The van der Waals surface area contributed by atoms with Crippen molar-refractivity contribution in [3.05, 3.63) is 51.8 Å². The van der Waals surface area contributed by atoms with Gasteiger partial charge in [-0.25, -0.2) is 0 Å². The second-order valence-electron chi connectivity index (χ2n) is 5.69. The molecular formula is C16H18ClN3O2. The molecule has 2 heterocycles. The van der Waals surface area contributed by atoms with Crippen LogP contribution in [0, 0.1) is 13.8 Å². The van der Waals surface area contributed by atoms with Gasteiger partial charge in [-0.2, -0.15) is 5.10 Å². The maximum absolute atomic E-state index is 12.5. The highest BCUT2D eigenvalue weighted by Gasteiger charge is 2.32. The van der Waals surface area contributed by atoms with Crippen molar-refractivity contribution in [3.8, 4) is 0 Å². The largest absolute Gasteiger partial charge is 0.389 e. The zero-order valence-electron chi connectivity index (χ0n) is 12.6. The predicted octanol–water partition coefficient (Wildman–Crippen LogP) is 2.02. The van der Waals surface area contributed by atoms with Crippen LogP contribution < -0.4 is 0 Å². The fourth-order valence-electron chi connectivity index (χ4n) is 2.70. The van der Waals surface area contributed by atoms with E-state index < -0.39 is 6.10 Å². The lowest BCUT2D eigenvalue weighted by molar-refractivity contribution is 0.00578. The Balaban J connectivity index is 1.83. The predicted molar refractivity (Wildman–Crippen MR) is 84.2 cm³/mol. The zero-order valence-corrected chi connectivity index (χ0v) is 13.3. The summed E-state index contributed by atoms with van der Waals surface area (Å²) in [5.41, 5.74) is 3.28. The van der Waals surface area contributed by atoms with Gasteiger partial charge in [-0.1, -0.05) is 23.7 Å². The third-order valence-corrected chi connectivity index (χ3v) is 4.24. The minimum atomic E-state index is -0.395. The van der Waals surface area contributed by atoms with Gasteiger partial charge in [-0.05, 0) is 31.5 Å². The van der Waals surface area contributed by atoms with E-state index in [1.807, 2.05) is 42.8 Å². The summed E-state index contributed by atoms with van der Waals surface area (Å²) in [6, 6.07) is 7.59. The number of rotatable bonds is 3. The van der Waals surface area contributed by atoms with Crippen LogP contribution >= 0.6 is 11.6 Å². The van der Waals surface area contributed by atoms with Crippen molar-refractivity contribution in [2.24, 2.45) is 0 Å². The Kier molecular flexibility index (Phi) is 3.93. The van der Waals surface area contributed by atoms with Crippen molar-refractivity contribution in [1.82, 2.24) is 14.7 Å². The number of carbonyl (C=O) groups excluding carboxylic acids is 1. The van der Waals surface area contributed by atoms with Gasteiger partial charge in [0.05, 0.1) is 23.9 Å². The first-order chi connectivity index (χ1) is 10.5. The van der Waals surface area contributed by atoms with Gasteiger partial charge in [0, 0.05) is 23.8 Å². The number of nitrogens with zero attached hydrogens (tertiary/aromatic N) is 3. The number of aromatic nitrogens is 2. The van der Waals surface area contributed by atoms with Crippen LogP contribution in [0.25, 0.3) is 0 Å². The fraction of sp³-hybridized carbons (Fsp3) is 0.375. The first kappa shape index (κ1) is 15.1. The summed E-state index contributed by atoms with van der Waals surface area (Å²) in [5.74, 6) is -0.0531. The lowest BCUT2D eigenvalue weighted by Gasteiger charge is -2.35. The standard InChI is InChI=1S/C16H18ClN3O2/c1-10-15(16(22)19-8-14(21)9-19)11(2)20(18-10)7-12-3-5-13(17)6-4-12/h3-6,14,21H,7-9H2,1-2H3. The number of amides is 1. The average Bonchev–Trinajstić information content (AvgIpc) is 2.72. The number of aryl methyl sites for hydroxylation is 1. The van der Waals surface area contributed by atoms with Crippen molar-refractivity contribution >= 4 is 17.5 Å². The molecule has 1 fully saturated rings. The second-order valence-corrected chi connectivity index (χ2v) is 6.13. The van der Waals surface area contributed by atoms with E-state index in [-0.39, 0.29) is 5.91 Å². The number of β-amino-alcohol motifs (C(OH)–C–C–N with tert-alkyl or cyclic N) is 1. The lowest BCUT2D eigenvalue weighted by atomic mass is 10.1. The second kappa shape index (κ2) is 5.74. The van der Waals surface area contributed by atoms with E-state index in [0.29, 0.717) is 30.2 Å². The van der Waals surface area contributed by atoms with Crippen LogP contribution in [0.5, 0.6) is 0 Å². The van der Waals surface area contributed by atoms with Crippen molar-refractivity contribution in [2.45, 2.75) is 26.5 Å². The summed E-state index contributed by atoms with van der Waals surface area (Å²) in [7, 11) is 0. The summed E-state index contributed by atoms with van der Waals surface area (Å²) < 4.78 is 1.84. The van der Waals surface area contributed by atoms with Crippen LogP contribution in [0.2, 0.25) is 5.02 Å². The number of aliphatic hydroxyl groups is 1. The normalized spacial score (nSPS) is 15.0. The maximum atomic E-state index is 12.5. The Morgan fingerprint density at radius 1 is 1.32 bits per heavy atom. The number of carbonyl (C=O) groups is 1. The number of likely N-dealkylation sites (tertiary alicyclic amines) is 1. The van der Waals surface area contributed by atoms with Gasteiger partial charge >= 0.3 is 0 Å². The van der Waals surface area contributed by atoms with Gasteiger partial charge in [-0.15, -0.1) is 0 Å². The topological polar surface area (TPSA) is 58.4 Å². The molecule has 3 rings (SSSR count). The van der Waals surface area contributed by atoms with Crippen molar-refractivity contribution in [3.63, 3.8) is 0 Å². The Morgan fingerprint density at radius 2 is 1.95 bits per heavy atom. The monoisotopic (exact) mass is 319 g/mol. The van der Waals surface area contributed by atoms with Crippen LogP contribution in [-0.2, 0) is 6.54 Å². The highest BCUT2D eigenvalue weighted by molar-refractivity contribution is 6.30. The van der Waals surface area contributed by atoms with Gasteiger partial charge in [0.2, 0.25) is 0 Å². The molecule has 1 amide bonds. The highest BCUT2D eigenvalue weighted by atomic mass is 35.5. The summed E-state index contributed by atoms with van der Waals surface area (Å²) in [6.45, 7) is 5.15. The van der Waals surface area contributed by atoms with E-state index in [2.05, 4.69) is 5.10 Å². The van der Waals surface area contributed by atoms with E-state index >= 15 is 0 Å². The molecule has 1 saturated heterocycles.